The van der Waals surface area contributed by atoms with Crippen molar-refractivity contribution in [1.29, 1.82) is 0 Å². The molecule has 0 amide bonds. The lowest BCUT2D eigenvalue weighted by molar-refractivity contribution is -0.294. The van der Waals surface area contributed by atoms with Crippen molar-refractivity contribution in [2.45, 2.75) is 59.4 Å². The van der Waals surface area contributed by atoms with Crippen molar-refractivity contribution in [3.8, 4) is 0 Å². The molecule has 74 valence electrons. The molecule has 0 aromatic carbocycles. The van der Waals surface area contributed by atoms with Gasteiger partial charge in [0.15, 0.2) is 0 Å². The number of ether oxygens (including phenoxy) is 1. The molecular formula is C10H14Br2O. The Hall–Kier alpha value is 0.920. The molecule has 2 aliphatic carbocycles. The van der Waals surface area contributed by atoms with E-state index in [1.165, 1.54) is 44.9 Å². The van der Waals surface area contributed by atoms with Crippen LogP contribution in [-0.2, 0) is 4.74 Å². The van der Waals surface area contributed by atoms with E-state index in [1.807, 2.05) is 0 Å². The molecule has 1 nitrogen and oxygen atoms in total. The lowest BCUT2D eigenvalue weighted by atomic mass is 9.68. The second kappa shape index (κ2) is 2.53. The van der Waals surface area contributed by atoms with Crippen molar-refractivity contribution in [2.24, 2.45) is 0 Å². The number of halogens is 2. The van der Waals surface area contributed by atoms with Crippen molar-refractivity contribution in [3.05, 3.63) is 0 Å². The highest BCUT2D eigenvalue weighted by Gasteiger charge is 2.75. The van der Waals surface area contributed by atoms with Gasteiger partial charge in [-0.05, 0) is 32.1 Å². The summed E-state index contributed by atoms with van der Waals surface area (Å²) in [5.74, 6) is 0. The number of alkyl halides is 2. The zero-order valence-corrected chi connectivity index (χ0v) is 10.8. The van der Waals surface area contributed by atoms with E-state index in [2.05, 4.69) is 31.9 Å². The van der Waals surface area contributed by atoms with Crippen molar-refractivity contribution < 1.29 is 4.74 Å². The Morgan fingerprint density at radius 2 is 1.54 bits per heavy atom. The summed E-state index contributed by atoms with van der Waals surface area (Å²) in [7, 11) is 0. The maximum absolute atomic E-state index is 6.13. The van der Waals surface area contributed by atoms with Gasteiger partial charge in [0.05, 0.1) is 9.93 Å². The first-order valence-corrected chi connectivity index (χ1v) is 6.79. The molecule has 1 heterocycles. The van der Waals surface area contributed by atoms with Crippen LogP contribution in [0.1, 0.15) is 44.9 Å². The molecule has 0 spiro atoms. The van der Waals surface area contributed by atoms with Crippen LogP contribution in [0.4, 0.5) is 0 Å². The lowest BCUT2D eigenvalue weighted by Gasteiger charge is -2.71. The molecule has 0 N–H and O–H groups in total. The average molecular weight is 311 g/mol. The molecule has 3 rings (SSSR count). The Morgan fingerprint density at radius 1 is 0.846 bits per heavy atom. The van der Waals surface area contributed by atoms with Gasteiger partial charge in [0.1, 0.15) is 4.51 Å². The van der Waals surface area contributed by atoms with E-state index >= 15 is 0 Å². The Labute approximate surface area is 95.9 Å². The van der Waals surface area contributed by atoms with Gasteiger partial charge in [0, 0.05) is 0 Å². The van der Waals surface area contributed by atoms with E-state index in [0.717, 1.165) is 0 Å². The van der Waals surface area contributed by atoms with Gasteiger partial charge in [0.25, 0.3) is 0 Å². The third-order valence-electron chi connectivity index (χ3n) is 4.10. The lowest BCUT2D eigenvalue weighted by Crippen LogP contribution is -2.79. The van der Waals surface area contributed by atoms with E-state index in [4.69, 9.17) is 4.74 Å². The van der Waals surface area contributed by atoms with Crippen LogP contribution in [-0.4, -0.2) is 14.4 Å². The summed E-state index contributed by atoms with van der Waals surface area (Å²) in [5, 5.41) is 0. The molecule has 1 aliphatic heterocycles. The first kappa shape index (κ1) is 9.17. The van der Waals surface area contributed by atoms with Crippen molar-refractivity contribution in [2.75, 3.05) is 0 Å². The van der Waals surface area contributed by atoms with Gasteiger partial charge >= 0.3 is 0 Å². The van der Waals surface area contributed by atoms with Crippen LogP contribution in [0.2, 0.25) is 0 Å². The Morgan fingerprint density at radius 3 is 2.31 bits per heavy atom. The fourth-order valence-electron chi connectivity index (χ4n) is 3.43. The summed E-state index contributed by atoms with van der Waals surface area (Å²) in [4.78, 5) is 0. The fourth-order valence-corrected chi connectivity index (χ4v) is 5.62. The van der Waals surface area contributed by atoms with Gasteiger partial charge in [-0.15, -0.1) is 0 Å². The van der Waals surface area contributed by atoms with Crippen molar-refractivity contribution >= 4 is 31.9 Å². The fraction of sp³-hybridized carbons (Fsp3) is 1.00. The number of hydrogen-bond acceptors (Lipinski definition) is 1. The summed E-state index contributed by atoms with van der Waals surface area (Å²) >= 11 is 7.74. The predicted molar refractivity (Wildman–Crippen MR) is 59.5 cm³/mol. The highest BCUT2D eigenvalue weighted by atomic mass is 79.9. The van der Waals surface area contributed by atoms with Crippen molar-refractivity contribution in [1.82, 2.24) is 0 Å². The summed E-state index contributed by atoms with van der Waals surface area (Å²) in [5.41, 5.74) is 0.188. The molecule has 2 saturated carbocycles. The molecule has 3 aliphatic rings. The Bertz CT molecular complexity index is 253. The van der Waals surface area contributed by atoms with Gasteiger partial charge < -0.3 is 4.74 Å². The van der Waals surface area contributed by atoms with Crippen molar-refractivity contribution in [3.63, 3.8) is 0 Å². The van der Waals surface area contributed by atoms with Gasteiger partial charge in [-0.25, -0.2) is 0 Å². The Kier molecular flexibility index (Phi) is 1.79. The van der Waals surface area contributed by atoms with E-state index in [9.17, 15) is 0 Å². The average Bonchev–Trinajstić information content (AvgIpc) is 2.10. The topological polar surface area (TPSA) is 9.23 Å². The van der Waals surface area contributed by atoms with E-state index in [1.54, 1.807) is 0 Å². The van der Waals surface area contributed by atoms with Gasteiger partial charge in [0.2, 0.25) is 0 Å². The molecule has 13 heavy (non-hydrogen) atoms. The molecule has 3 fully saturated rings. The quantitative estimate of drug-likeness (QED) is 0.489. The Balaban J connectivity index is 2.01. The minimum atomic E-state index is -0.0291. The third-order valence-corrected chi connectivity index (χ3v) is 7.63. The zero-order valence-electron chi connectivity index (χ0n) is 7.61. The largest absolute Gasteiger partial charge is 0.354 e. The summed E-state index contributed by atoms with van der Waals surface area (Å²) in [6, 6.07) is 0. The molecule has 2 bridgehead atoms. The monoisotopic (exact) mass is 309 g/mol. The van der Waals surface area contributed by atoms with Crippen LogP contribution in [0.15, 0.2) is 0 Å². The highest BCUT2D eigenvalue weighted by molar-refractivity contribution is 9.13. The zero-order chi connectivity index (χ0) is 9.16. The standard InChI is InChI=1S/C10H14Br2O/c11-9-6-2-1-4-8(9)5-3-7-10(9,12)13-8/h1-7H2/i10+1. The van der Waals surface area contributed by atoms with E-state index in [0.29, 0.717) is 0 Å². The molecule has 3 unspecified atom stereocenters. The van der Waals surface area contributed by atoms with Crippen LogP contribution in [0.3, 0.4) is 0 Å². The predicted octanol–water partition coefficient (Wildman–Crippen LogP) is 3.74. The van der Waals surface area contributed by atoms with Crippen LogP contribution in [0.25, 0.3) is 0 Å². The molecule has 1 saturated heterocycles. The second-order valence-electron chi connectivity index (χ2n) is 4.69. The maximum Gasteiger partial charge on any atom is 0.141 e. The molecule has 3 heteroatoms. The summed E-state index contributed by atoms with van der Waals surface area (Å²) in [6.07, 6.45) is 8.97. The molecule has 0 aromatic heterocycles. The maximum atomic E-state index is 6.13. The molecular weight excluding hydrogens is 297 g/mol. The van der Waals surface area contributed by atoms with Crippen LogP contribution in [0.5, 0.6) is 0 Å². The number of rotatable bonds is 0. The van der Waals surface area contributed by atoms with Gasteiger partial charge in [-0.1, -0.05) is 44.7 Å². The van der Waals surface area contributed by atoms with Crippen LogP contribution < -0.4 is 0 Å². The van der Waals surface area contributed by atoms with Gasteiger partial charge in [-0.3, -0.25) is 0 Å². The SMILES string of the molecule is BrC12CCCCC13CCC[13C]2(Br)O3. The van der Waals surface area contributed by atoms with Gasteiger partial charge in [-0.2, -0.15) is 0 Å². The molecule has 0 radical (unpaired) electrons. The van der Waals surface area contributed by atoms with E-state index < -0.39 is 0 Å². The number of hydrogen-bond donors (Lipinski definition) is 0. The first-order chi connectivity index (χ1) is 6.12. The van der Waals surface area contributed by atoms with Crippen LogP contribution in [0, 0.1) is 0 Å². The third kappa shape index (κ3) is 0.877. The second-order valence-corrected chi connectivity index (χ2v) is 7.32. The van der Waals surface area contributed by atoms with E-state index in [-0.39, 0.29) is 14.4 Å². The smallest absolute Gasteiger partial charge is 0.141 e. The minimum Gasteiger partial charge on any atom is -0.354 e. The van der Waals surface area contributed by atoms with Crippen LogP contribution >= 0.6 is 31.9 Å². The molecule has 3 atom stereocenters. The highest BCUT2D eigenvalue weighted by Crippen LogP contribution is 2.71. The summed E-state index contributed by atoms with van der Waals surface area (Å²) < 4.78 is 6.35. The minimum absolute atomic E-state index is 0.0291. The normalized spacial score (nSPS) is 59.5. The molecule has 0 aromatic rings. The first-order valence-electron chi connectivity index (χ1n) is 5.20. The summed E-state index contributed by atoms with van der Waals surface area (Å²) in [6.45, 7) is 0.